The van der Waals surface area contributed by atoms with Gasteiger partial charge in [0.1, 0.15) is 19.3 Å². The quantitative estimate of drug-likeness (QED) is 0.0222. The van der Waals surface area contributed by atoms with Gasteiger partial charge in [-0.3, -0.25) is 37.3 Å². The van der Waals surface area contributed by atoms with Gasteiger partial charge < -0.3 is 33.8 Å². The molecule has 0 aliphatic carbocycles. The highest BCUT2D eigenvalue weighted by molar-refractivity contribution is 7.47. The molecule has 0 saturated carbocycles. The van der Waals surface area contributed by atoms with E-state index in [0.717, 1.165) is 114 Å². The number of hydrogen-bond acceptors (Lipinski definition) is 15. The molecule has 0 heterocycles. The minimum Gasteiger partial charge on any atom is -0.462 e. The van der Waals surface area contributed by atoms with Crippen molar-refractivity contribution in [2.75, 3.05) is 39.6 Å². The number of unbranched alkanes of at least 4 members (excludes halogenated alkanes) is 46. The summed E-state index contributed by atoms with van der Waals surface area (Å²) >= 11 is 0. The SMILES string of the molecule is CCC(C)CCCCCCCCCCCCC(=O)O[C@H](COC(=O)CCCCCCCCCCCCC(C)C)COP(=O)(O)OC[C@H](O)COP(=O)(O)OC[C@@H](COC(=O)CCCCCCCCCCCCCCCCC(C)C)OC(=O)CCCCCCCCCCCCCCCCCCC(C)C. The Labute approximate surface area is 632 Å². The molecule has 0 rings (SSSR count). The molecule has 0 saturated heterocycles. The van der Waals surface area contributed by atoms with Crippen LogP contribution >= 0.6 is 15.6 Å². The first-order valence-corrected chi connectivity index (χ1v) is 46.2. The number of esters is 4. The van der Waals surface area contributed by atoms with Crippen molar-refractivity contribution in [2.45, 2.75) is 453 Å². The molecule has 0 aliphatic rings. The minimum atomic E-state index is -4.97. The standard InChI is InChI=1S/C84H164O17P2/c1-9-77(8)63-55-47-39-31-25-27-35-43-51-59-67-84(89)101-80(71-95-82(87)65-57-49-41-33-26-24-30-38-46-54-62-76(6)7)73-99-103(92,93)97-69-78(85)68-96-102(90,91)98-72-79(70-94-81(86)64-56-48-40-32-22-18-15-14-17-21-29-37-45-53-61-75(4)5)100-83(88)66-58-50-42-34-23-19-13-11-10-12-16-20-28-36-44-52-60-74(2)3/h74-80,85H,9-73H2,1-8H3,(H,90,91)(H,92,93)/t77?,78-,79-,80-/m1/s1. The summed E-state index contributed by atoms with van der Waals surface area (Å²) in [7, 11) is -9.93. The fourth-order valence-corrected chi connectivity index (χ4v) is 14.5. The van der Waals surface area contributed by atoms with E-state index in [4.69, 9.17) is 37.0 Å². The van der Waals surface area contributed by atoms with E-state index in [9.17, 15) is 43.2 Å². The highest BCUT2D eigenvalue weighted by atomic mass is 31.2. The van der Waals surface area contributed by atoms with Gasteiger partial charge >= 0.3 is 39.5 Å². The van der Waals surface area contributed by atoms with Gasteiger partial charge in [0.2, 0.25) is 0 Å². The van der Waals surface area contributed by atoms with E-state index in [-0.39, 0.29) is 25.7 Å². The van der Waals surface area contributed by atoms with E-state index in [1.807, 2.05) is 0 Å². The second-order valence-corrected chi connectivity index (χ2v) is 34.8. The van der Waals surface area contributed by atoms with Gasteiger partial charge in [0, 0.05) is 25.7 Å². The summed E-state index contributed by atoms with van der Waals surface area (Å²) in [6.45, 7) is 14.3. The molecule has 6 atom stereocenters. The zero-order chi connectivity index (χ0) is 76.0. The smallest absolute Gasteiger partial charge is 0.462 e. The maximum atomic E-state index is 13.1. The number of aliphatic hydroxyl groups is 1. The van der Waals surface area contributed by atoms with Gasteiger partial charge in [-0.05, 0) is 49.4 Å². The maximum Gasteiger partial charge on any atom is 0.472 e. The topological polar surface area (TPSA) is 237 Å². The van der Waals surface area contributed by atoms with Crippen LogP contribution in [0.3, 0.4) is 0 Å². The van der Waals surface area contributed by atoms with E-state index in [0.29, 0.717) is 25.7 Å². The van der Waals surface area contributed by atoms with Crippen molar-refractivity contribution >= 4 is 39.5 Å². The number of ether oxygens (including phenoxy) is 4. The molecule has 0 aromatic rings. The lowest BCUT2D eigenvalue weighted by molar-refractivity contribution is -0.161. The number of carbonyl (C=O) groups is 4. The summed E-state index contributed by atoms with van der Waals surface area (Å²) < 4.78 is 68.9. The van der Waals surface area contributed by atoms with Gasteiger partial charge in [0.25, 0.3) is 0 Å². The molecular weight excluding hydrogens is 1340 g/mol. The van der Waals surface area contributed by atoms with Crippen LogP contribution in [0, 0.1) is 23.7 Å². The molecule has 0 amide bonds. The Morgan fingerprint density at radius 1 is 0.272 bits per heavy atom. The highest BCUT2D eigenvalue weighted by Gasteiger charge is 2.30. The third kappa shape index (κ3) is 76.6. The third-order valence-electron chi connectivity index (χ3n) is 19.9. The molecule has 0 aliphatic heterocycles. The Balaban J connectivity index is 5.27. The van der Waals surface area contributed by atoms with E-state index < -0.39 is 97.5 Å². The van der Waals surface area contributed by atoms with Crippen LogP contribution in [0.5, 0.6) is 0 Å². The van der Waals surface area contributed by atoms with Crippen LogP contribution in [0.4, 0.5) is 0 Å². The predicted molar refractivity (Wildman–Crippen MR) is 423 cm³/mol. The van der Waals surface area contributed by atoms with Crippen molar-refractivity contribution < 1.29 is 80.2 Å². The van der Waals surface area contributed by atoms with E-state index in [2.05, 4.69) is 55.4 Å². The molecule has 103 heavy (non-hydrogen) atoms. The zero-order valence-electron chi connectivity index (χ0n) is 68.0. The van der Waals surface area contributed by atoms with Crippen LogP contribution < -0.4 is 0 Å². The molecule has 19 heteroatoms. The van der Waals surface area contributed by atoms with Crippen LogP contribution in [0.1, 0.15) is 434 Å². The molecule has 612 valence electrons. The average Bonchev–Trinajstić information content (AvgIpc) is 0.906. The molecule has 0 bridgehead atoms. The maximum absolute atomic E-state index is 13.1. The largest absolute Gasteiger partial charge is 0.472 e. The summed E-state index contributed by atoms with van der Waals surface area (Å²) in [6, 6.07) is 0. The molecule has 0 spiro atoms. The molecule has 0 radical (unpaired) electrons. The molecule has 0 aromatic heterocycles. The minimum absolute atomic E-state index is 0.106. The van der Waals surface area contributed by atoms with Crippen LogP contribution in [0.15, 0.2) is 0 Å². The first-order valence-electron chi connectivity index (χ1n) is 43.2. The molecule has 3 N–H and O–H groups in total. The lowest BCUT2D eigenvalue weighted by Gasteiger charge is -2.21. The number of phosphoric acid groups is 2. The van der Waals surface area contributed by atoms with Crippen molar-refractivity contribution in [2.24, 2.45) is 23.7 Å². The summed E-state index contributed by atoms with van der Waals surface area (Å²) in [5, 5.41) is 10.7. The van der Waals surface area contributed by atoms with Crippen molar-refractivity contribution in [3.63, 3.8) is 0 Å². The Morgan fingerprint density at radius 2 is 0.466 bits per heavy atom. The fourth-order valence-electron chi connectivity index (χ4n) is 12.9. The van der Waals surface area contributed by atoms with Crippen molar-refractivity contribution in [3.8, 4) is 0 Å². The van der Waals surface area contributed by atoms with Crippen molar-refractivity contribution in [3.05, 3.63) is 0 Å². The van der Waals surface area contributed by atoms with E-state index >= 15 is 0 Å². The summed E-state index contributed by atoms with van der Waals surface area (Å²) in [4.78, 5) is 73.2. The highest BCUT2D eigenvalue weighted by Crippen LogP contribution is 2.45. The molecule has 17 nitrogen and oxygen atoms in total. The number of hydrogen-bond donors (Lipinski definition) is 3. The Kier molecular flexibility index (Phi) is 71.5. The molecular formula is C84H164O17P2. The molecule has 3 unspecified atom stereocenters. The van der Waals surface area contributed by atoms with Crippen LogP contribution in [-0.4, -0.2) is 96.7 Å². The zero-order valence-corrected chi connectivity index (χ0v) is 69.7. The summed E-state index contributed by atoms with van der Waals surface area (Å²) in [5.41, 5.74) is 0. The normalized spacial score (nSPS) is 14.2. The third-order valence-corrected chi connectivity index (χ3v) is 21.8. The van der Waals surface area contributed by atoms with Gasteiger partial charge in [0.15, 0.2) is 12.2 Å². The van der Waals surface area contributed by atoms with Crippen molar-refractivity contribution in [1.82, 2.24) is 0 Å². The lowest BCUT2D eigenvalue weighted by Crippen LogP contribution is -2.30. The number of carbonyl (C=O) groups excluding carboxylic acids is 4. The number of aliphatic hydroxyl groups excluding tert-OH is 1. The summed E-state index contributed by atoms with van der Waals surface area (Å²) in [5.74, 6) is 1.06. The average molecular weight is 1510 g/mol. The second kappa shape index (κ2) is 72.9. The first-order chi connectivity index (χ1) is 49.6. The number of phosphoric ester groups is 2. The lowest BCUT2D eigenvalue weighted by atomic mass is 9.99. The fraction of sp³-hybridized carbons (Fsp3) is 0.952. The van der Waals surface area contributed by atoms with Crippen LogP contribution in [0.2, 0.25) is 0 Å². The Morgan fingerprint density at radius 3 is 0.689 bits per heavy atom. The van der Waals surface area contributed by atoms with E-state index in [1.165, 1.54) is 238 Å². The molecule has 0 fully saturated rings. The van der Waals surface area contributed by atoms with E-state index in [1.54, 1.807) is 0 Å². The predicted octanol–water partition coefficient (Wildman–Crippen LogP) is 25.2. The van der Waals surface area contributed by atoms with Crippen LogP contribution in [0.25, 0.3) is 0 Å². The van der Waals surface area contributed by atoms with Crippen molar-refractivity contribution in [1.29, 1.82) is 0 Å². The Bertz CT molecular complexity index is 2010. The number of rotatable bonds is 81. The van der Waals surface area contributed by atoms with Gasteiger partial charge in [-0.25, -0.2) is 9.13 Å². The van der Waals surface area contributed by atoms with Gasteiger partial charge in [0.05, 0.1) is 26.4 Å². The summed E-state index contributed by atoms with van der Waals surface area (Å²) in [6.07, 6.45) is 60.9. The van der Waals surface area contributed by atoms with Gasteiger partial charge in [-0.15, -0.1) is 0 Å². The molecule has 0 aromatic carbocycles. The van der Waals surface area contributed by atoms with Gasteiger partial charge in [-0.2, -0.15) is 0 Å². The monoisotopic (exact) mass is 1510 g/mol. The Hall–Kier alpha value is -1.94. The second-order valence-electron chi connectivity index (χ2n) is 31.9. The first kappa shape index (κ1) is 101. The van der Waals surface area contributed by atoms with Crippen LogP contribution in [-0.2, 0) is 65.4 Å². The van der Waals surface area contributed by atoms with Gasteiger partial charge in [-0.1, -0.05) is 383 Å².